The van der Waals surface area contributed by atoms with Crippen molar-refractivity contribution in [1.29, 1.82) is 0 Å². The van der Waals surface area contributed by atoms with Crippen LogP contribution in [0.2, 0.25) is 5.02 Å². The Bertz CT molecular complexity index is 1010. The van der Waals surface area contributed by atoms with Gasteiger partial charge in [-0.2, -0.15) is 0 Å². The van der Waals surface area contributed by atoms with Gasteiger partial charge >= 0.3 is 0 Å². The number of hydrogen-bond donors (Lipinski definition) is 1. The summed E-state index contributed by atoms with van der Waals surface area (Å²) in [6.07, 6.45) is 3.66. The molecule has 2 aromatic carbocycles. The summed E-state index contributed by atoms with van der Waals surface area (Å²) in [4.78, 5) is 8.89. The molecule has 4 nitrogen and oxygen atoms in total. The van der Waals surface area contributed by atoms with E-state index in [0.717, 1.165) is 33.7 Å². The molecule has 0 saturated carbocycles. The molecule has 0 amide bonds. The zero-order valence-corrected chi connectivity index (χ0v) is 13.8. The molecule has 0 spiro atoms. The molecule has 118 valence electrons. The van der Waals surface area contributed by atoms with Crippen molar-refractivity contribution in [1.82, 2.24) is 14.5 Å². The lowest BCUT2D eigenvalue weighted by atomic mass is 10.1. The molecular weight excluding hydrogens is 320 g/mol. The molecule has 0 fully saturated rings. The van der Waals surface area contributed by atoms with Crippen molar-refractivity contribution in [2.24, 2.45) is 0 Å². The van der Waals surface area contributed by atoms with E-state index in [0.29, 0.717) is 5.02 Å². The number of benzene rings is 2. The fourth-order valence-electron chi connectivity index (χ4n) is 2.91. The fraction of sp³-hybridized carbons (Fsp3) is 0.0526. The number of halogens is 1. The molecule has 0 aliphatic carbocycles. The van der Waals surface area contributed by atoms with E-state index in [9.17, 15) is 0 Å². The van der Waals surface area contributed by atoms with Crippen LogP contribution in [0.1, 0.15) is 0 Å². The van der Waals surface area contributed by atoms with Gasteiger partial charge in [0.15, 0.2) is 5.65 Å². The van der Waals surface area contributed by atoms with Crippen molar-refractivity contribution < 1.29 is 0 Å². The second-order valence-corrected chi connectivity index (χ2v) is 5.87. The number of fused-ring (bicyclic) bond motifs is 1. The molecule has 0 unspecified atom stereocenters. The Balaban J connectivity index is 2.06. The highest BCUT2D eigenvalue weighted by atomic mass is 35.5. The van der Waals surface area contributed by atoms with Crippen molar-refractivity contribution in [3.05, 3.63) is 72.1 Å². The summed E-state index contributed by atoms with van der Waals surface area (Å²) in [7, 11) is 1.87. The first kappa shape index (κ1) is 14.7. The maximum absolute atomic E-state index is 6.17. The highest BCUT2D eigenvalue weighted by molar-refractivity contribution is 6.30. The van der Waals surface area contributed by atoms with Crippen LogP contribution >= 0.6 is 11.6 Å². The highest BCUT2D eigenvalue weighted by Gasteiger charge is 2.16. The summed E-state index contributed by atoms with van der Waals surface area (Å²) in [5.41, 5.74) is 4.01. The zero-order valence-electron chi connectivity index (χ0n) is 13.1. The summed E-state index contributed by atoms with van der Waals surface area (Å²) in [5, 5.41) is 4.85. The molecular formula is C19H15ClN4. The average Bonchev–Trinajstić information content (AvgIpc) is 3.02. The predicted molar refractivity (Wildman–Crippen MR) is 98.9 cm³/mol. The standard InChI is InChI=1S/C19H15ClN4/c1-21-18-17-16(13-6-3-2-4-7-13)11-24(19(17)23-12-22-18)15-9-5-8-14(20)10-15/h2-12H,1H3,(H,21,22,23). The van der Waals surface area contributed by atoms with Gasteiger partial charge in [0.05, 0.1) is 5.39 Å². The monoisotopic (exact) mass is 334 g/mol. The summed E-state index contributed by atoms with van der Waals surface area (Å²) >= 11 is 6.17. The lowest BCUT2D eigenvalue weighted by molar-refractivity contribution is 1.08. The van der Waals surface area contributed by atoms with Gasteiger partial charge in [-0.25, -0.2) is 9.97 Å². The van der Waals surface area contributed by atoms with E-state index >= 15 is 0 Å². The van der Waals surface area contributed by atoms with Crippen LogP contribution in [0.3, 0.4) is 0 Å². The Morgan fingerprint density at radius 1 is 1.00 bits per heavy atom. The maximum atomic E-state index is 6.17. The molecule has 2 heterocycles. The summed E-state index contributed by atoms with van der Waals surface area (Å²) in [6.45, 7) is 0. The van der Waals surface area contributed by atoms with Gasteiger partial charge in [0.2, 0.25) is 0 Å². The first-order chi connectivity index (χ1) is 11.8. The van der Waals surface area contributed by atoms with Gasteiger partial charge < -0.3 is 9.88 Å². The smallest absolute Gasteiger partial charge is 0.150 e. The Labute approximate surface area is 144 Å². The van der Waals surface area contributed by atoms with Crippen molar-refractivity contribution >= 4 is 28.5 Å². The number of nitrogens with one attached hydrogen (secondary N) is 1. The number of aromatic nitrogens is 3. The summed E-state index contributed by atoms with van der Waals surface area (Å²) < 4.78 is 2.05. The molecule has 0 saturated heterocycles. The second-order valence-electron chi connectivity index (χ2n) is 5.43. The van der Waals surface area contributed by atoms with Gasteiger partial charge in [0.1, 0.15) is 12.1 Å². The lowest BCUT2D eigenvalue weighted by Gasteiger charge is -2.06. The molecule has 0 radical (unpaired) electrons. The topological polar surface area (TPSA) is 42.7 Å². The van der Waals surface area contributed by atoms with E-state index in [-0.39, 0.29) is 0 Å². The predicted octanol–water partition coefficient (Wildman–Crippen LogP) is 4.78. The molecule has 5 heteroatoms. The highest BCUT2D eigenvalue weighted by Crippen LogP contribution is 2.35. The first-order valence-electron chi connectivity index (χ1n) is 7.63. The van der Waals surface area contributed by atoms with E-state index in [1.54, 1.807) is 6.33 Å². The Morgan fingerprint density at radius 3 is 2.58 bits per heavy atom. The molecule has 1 N–H and O–H groups in total. The van der Waals surface area contributed by atoms with Crippen molar-refractivity contribution in [2.45, 2.75) is 0 Å². The van der Waals surface area contributed by atoms with Gasteiger partial charge in [-0.1, -0.05) is 48.0 Å². The zero-order chi connectivity index (χ0) is 16.5. The number of hydrogen-bond acceptors (Lipinski definition) is 3. The van der Waals surface area contributed by atoms with Gasteiger partial charge in [0, 0.05) is 29.5 Å². The van der Waals surface area contributed by atoms with Crippen LogP contribution in [-0.4, -0.2) is 21.6 Å². The third-order valence-electron chi connectivity index (χ3n) is 3.99. The van der Waals surface area contributed by atoms with E-state index in [2.05, 4.69) is 33.6 Å². The Morgan fingerprint density at radius 2 is 1.83 bits per heavy atom. The van der Waals surface area contributed by atoms with E-state index in [4.69, 9.17) is 11.6 Å². The molecule has 24 heavy (non-hydrogen) atoms. The molecule has 0 bridgehead atoms. The van der Waals surface area contributed by atoms with Gasteiger partial charge in [0.25, 0.3) is 0 Å². The van der Waals surface area contributed by atoms with Crippen LogP contribution < -0.4 is 5.32 Å². The maximum Gasteiger partial charge on any atom is 0.150 e. The van der Waals surface area contributed by atoms with Crippen molar-refractivity contribution in [3.8, 4) is 16.8 Å². The third kappa shape index (κ3) is 2.41. The van der Waals surface area contributed by atoms with Crippen LogP contribution in [-0.2, 0) is 0 Å². The lowest BCUT2D eigenvalue weighted by Crippen LogP contribution is -1.97. The fourth-order valence-corrected chi connectivity index (χ4v) is 3.10. The van der Waals surface area contributed by atoms with Gasteiger partial charge in [-0.05, 0) is 23.8 Å². The van der Waals surface area contributed by atoms with Crippen LogP contribution in [0.4, 0.5) is 5.82 Å². The Hall–Kier alpha value is -2.85. The van der Waals surface area contributed by atoms with Crippen molar-refractivity contribution in [3.63, 3.8) is 0 Å². The Kier molecular flexibility index (Phi) is 3.67. The molecule has 0 atom stereocenters. The minimum atomic E-state index is 0.693. The third-order valence-corrected chi connectivity index (χ3v) is 4.23. The molecule has 2 aromatic heterocycles. The molecule has 0 aliphatic heterocycles. The quantitative estimate of drug-likeness (QED) is 0.586. The van der Waals surface area contributed by atoms with E-state index in [1.807, 2.05) is 54.1 Å². The van der Waals surface area contributed by atoms with Crippen LogP contribution in [0.15, 0.2) is 67.1 Å². The van der Waals surface area contributed by atoms with E-state index < -0.39 is 0 Å². The van der Waals surface area contributed by atoms with Crippen LogP contribution in [0.5, 0.6) is 0 Å². The number of rotatable bonds is 3. The molecule has 4 aromatic rings. The van der Waals surface area contributed by atoms with Crippen molar-refractivity contribution in [2.75, 3.05) is 12.4 Å². The average molecular weight is 335 g/mol. The number of nitrogens with zero attached hydrogens (tertiary/aromatic N) is 3. The summed E-state index contributed by atoms with van der Waals surface area (Å²) in [6, 6.07) is 18.0. The SMILES string of the molecule is CNc1ncnc2c1c(-c1ccccc1)cn2-c1cccc(Cl)c1. The van der Waals surface area contributed by atoms with Crippen LogP contribution in [0, 0.1) is 0 Å². The first-order valence-corrected chi connectivity index (χ1v) is 8.01. The minimum Gasteiger partial charge on any atom is -0.372 e. The minimum absolute atomic E-state index is 0.693. The van der Waals surface area contributed by atoms with Crippen LogP contribution in [0.25, 0.3) is 27.8 Å². The summed E-state index contributed by atoms with van der Waals surface area (Å²) in [5.74, 6) is 0.805. The van der Waals surface area contributed by atoms with E-state index in [1.165, 1.54) is 0 Å². The molecule has 4 rings (SSSR count). The van der Waals surface area contributed by atoms with Gasteiger partial charge in [-0.15, -0.1) is 0 Å². The number of anilines is 1. The molecule has 0 aliphatic rings. The van der Waals surface area contributed by atoms with Gasteiger partial charge in [-0.3, -0.25) is 0 Å². The normalized spacial score (nSPS) is 10.9. The largest absolute Gasteiger partial charge is 0.372 e. The second kappa shape index (κ2) is 5.98.